The third-order valence-corrected chi connectivity index (χ3v) is 5.90. The van der Waals surface area contributed by atoms with Crippen molar-refractivity contribution in [2.75, 3.05) is 10.2 Å². The number of fused-ring (bicyclic) bond motifs is 1. The van der Waals surface area contributed by atoms with Crippen LogP contribution in [-0.2, 0) is 22.6 Å². The lowest BCUT2D eigenvalue weighted by Crippen LogP contribution is -2.34. The number of nitrogens with two attached hydrogens (primary N) is 1. The van der Waals surface area contributed by atoms with Gasteiger partial charge in [0.05, 0.1) is 6.54 Å². The van der Waals surface area contributed by atoms with Gasteiger partial charge in [0, 0.05) is 34.8 Å². The normalized spacial score (nSPS) is 20.8. The molecule has 0 bridgehead atoms. The standard InChI is InChI=1S/C22H24ClN3O2.ClH/c23-17-5-1-14(2-6-17)13-26-20-9-8-19(12-15(20)4-10-21(26)27)25-22(28)16-3-7-18(24)11-16;/h1-2,5-6,8-9,12,16,18H,3-4,7,10-11,13,24H2,(H,25,28);1H. The molecule has 2 aliphatic rings. The molecule has 29 heavy (non-hydrogen) atoms. The average molecular weight is 434 g/mol. The van der Waals surface area contributed by atoms with Gasteiger partial charge in [-0.3, -0.25) is 9.59 Å². The summed E-state index contributed by atoms with van der Waals surface area (Å²) in [6, 6.07) is 13.5. The molecule has 5 nitrogen and oxygen atoms in total. The van der Waals surface area contributed by atoms with E-state index in [1.807, 2.05) is 47.4 Å². The molecule has 7 heteroatoms. The fourth-order valence-corrected chi connectivity index (χ4v) is 4.21. The molecule has 2 atom stereocenters. The Morgan fingerprint density at radius 2 is 1.90 bits per heavy atom. The van der Waals surface area contributed by atoms with Crippen LogP contribution in [0.15, 0.2) is 42.5 Å². The van der Waals surface area contributed by atoms with E-state index in [9.17, 15) is 9.59 Å². The van der Waals surface area contributed by atoms with Crippen LogP contribution in [0.1, 0.15) is 36.8 Å². The molecule has 1 aliphatic carbocycles. The minimum Gasteiger partial charge on any atom is -0.328 e. The van der Waals surface area contributed by atoms with Crippen LogP contribution in [0.2, 0.25) is 5.02 Å². The number of carbonyl (C=O) groups is 2. The van der Waals surface area contributed by atoms with E-state index in [-0.39, 0.29) is 36.2 Å². The van der Waals surface area contributed by atoms with Crippen LogP contribution in [0, 0.1) is 5.92 Å². The Morgan fingerprint density at radius 1 is 1.14 bits per heavy atom. The van der Waals surface area contributed by atoms with Crippen LogP contribution >= 0.6 is 24.0 Å². The molecular weight excluding hydrogens is 409 g/mol. The minimum atomic E-state index is -0.00554. The van der Waals surface area contributed by atoms with Crippen molar-refractivity contribution in [1.82, 2.24) is 0 Å². The Kier molecular flexibility index (Phi) is 6.83. The van der Waals surface area contributed by atoms with Gasteiger partial charge >= 0.3 is 0 Å². The highest BCUT2D eigenvalue weighted by molar-refractivity contribution is 6.30. The number of carbonyl (C=O) groups excluding carboxylic acids is 2. The molecule has 4 rings (SSSR count). The van der Waals surface area contributed by atoms with E-state index in [1.165, 1.54) is 0 Å². The van der Waals surface area contributed by atoms with Gasteiger partial charge in [-0.2, -0.15) is 0 Å². The van der Waals surface area contributed by atoms with Gasteiger partial charge in [0.2, 0.25) is 11.8 Å². The molecule has 2 amide bonds. The maximum atomic E-state index is 12.5. The number of benzene rings is 2. The summed E-state index contributed by atoms with van der Waals surface area (Å²) in [7, 11) is 0. The van der Waals surface area contributed by atoms with Crippen molar-refractivity contribution < 1.29 is 9.59 Å². The highest BCUT2D eigenvalue weighted by atomic mass is 35.5. The van der Waals surface area contributed by atoms with Crippen molar-refractivity contribution in [3.8, 4) is 0 Å². The molecule has 2 aromatic rings. The lowest BCUT2D eigenvalue weighted by atomic mass is 9.99. The molecule has 0 radical (unpaired) electrons. The Hall–Kier alpha value is -2.08. The Balaban J connectivity index is 0.00000240. The van der Waals surface area contributed by atoms with Gasteiger partial charge in [-0.05, 0) is 67.1 Å². The average Bonchev–Trinajstić information content (AvgIpc) is 3.12. The third kappa shape index (κ3) is 4.92. The molecule has 1 saturated carbocycles. The second-order valence-electron chi connectivity index (χ2n) is 7.71. The molecule has 3 N–H and O–H groups in total. The van der Waals surface area contributed by atoms with Gasteiger partial charge in [-0.1, -0.05) is 23.7 Å². The molecular formula is C22H25Cl2N3O2. The quantitative estimate of drug-likeness (QED) is 0.753. The van der Waals surface area contributed by atoms with Gasteiger partial charge < -0.3 is 16.0 Å². The number of anilines is 2. The van der Waals surface area contributed by atoms with Crippen LogP contribution in [0.5, 0.6) is 0 Å². The van der Waals surface area contributed by atoms with Crippen molar-refractivity contribution in [3.63, 3.8) is 0 Å². The zero-order valence-corrected chi connectivity index (χ0v) is 17.6. The second kappa shape index (κ2) is 9.16. The highest BCUT2D eigenvalue weighted by Crippen LogP contribution is 2.32. The molecule has 0 aromatic heterocycles. The SMILES string of the molecule is Cl.NC1CCC(C(=O)Nc2ccc3c(c2)CCC(=O)N3Cc2ccc(Cl)cc2)C1. The summed E-state index contributed by atoms with van der Waals surface area (Å²) in [4.78, 5) is 26.8. The van der Waals surface area contributed by atoms with E-state index in [1.54, 1.807) is 0 Å². The van der Waals surface area contributed by atoms with Crippen LogP contribution in [0.3, 0.4) is 0 Å². The van der Waals surface area contributed by atoms with Crippen LogP contribution in [-0.4, -0.2) is 17.9 Å². The molecule has 0 saturated heterocycles. The first kappa shape index (κ1) is 21.6. The number of hydrogen-bond acceptors (Lipinski definition) is 3. The summed E-state index contributed by atoms with van der Waals surface area (Å²) in [5.74, 6) is 0.144. The third-order valence-electron chi connectivity index (χ3n) is 5.65. The maximum Gasteiger partial charge on any atom is 0.227 e. The van der Waals surface area contributed by atoms with Gasteiger partial charge in [0.15, 0.2) is 0 Å². The van der Waals surface area contributed by atoms with Gasteiger partial charge in [0.25, 0.3) is 0 Å². The smallest absolute Gasteiger partial charge is 0.227 e. The zero-order valence-electron chi connectivity index (χ0n) is 16.1. The first-order valence-electron chi connectivity index (χ1n) is 9.74. The molecule has 1 fully saturated rings. The fourth-order valence-electron chi connectivity index (χ4n) is 4.08. The lowest BCUT2D eigenvalue weighted by molar-refractivity contribution is -0.120. The number of rotatable bonds is 4. The second-order valence-corrected chi connectivity index (χ2v) is 8.15. The minimum absolute atomic E-state index is 0. The summed E-state index contributed by atoms with van der Waals surface area (Å²) in [6.07, 6.45) is 3.66. The van der Waals surface area contributed by atoms with Crippen molar-refractivity contribution in [1.29, 1.82) is 0 Å². The number of amides is 2. The Labute approximate surface area is 182 Å². The molecule has 1 aliphatic heterocycles. The van der Waals surface area contributed by atoms with Gasteiger partial charge in [-0.25, -0.2) is 0 Å². The molecule has 1 heterocycles. The number of halogens is 2. The zero-order chi connectivity index (χ0) is 19.7. The molecule has 154 valence electrons. The van der Waals surface area contributed by atoms with Gasteiger partial charge in [0.1, 0.15) is 0 Å². The fraction of sp³-hybridized carbons (Fsp3) is 0.364. The number of nitrogens with zero attached hydrogens (tertiary/aromatic N) is 1. The topological polar surface area (TPSA) is 75.4 Å². The van der Waals surface area contributed by atoms with E-state index in [0.29, 0.717) is 24.4 Å². The number of hydrogen-bond donors (Lipinski definition) is 2. The number of aryl methyl sites for hydroxylation is 1. The van der Waals surface area contributed by atoms with Crippen LogP contribution in [0.25, 0.3) is 0 Å². The highest BCUT2D eigenvalue weighted by Gasteiger charge is 2.28. The van der Waals surface area contributed by atoms with Crippen LogP contribution < -0.4 is 16.0 Å². The van der Waals surface area contributed by atoms with Crippen molar-refractivity contribution >= 4 is 47.2 Å². The van der Waals surface area contributed by atoms with Crippen molar-refractivity contribution in [3.05, 3.63) is 58.6 Å². The Bertz CT molecular complexity index is 901. The molecule has 2 unspecified atom stereocenters. The monoisotopic (exact) mass is 433 g/mol. The van der Waals surface area contributed by atoms with E-state index in [2.05, 4.69) is 5.32 Å². The molecule has 2 aromatic carbocycles. The predicted octanol–water partition coefficient (Wildman–Crippen LogP) is 4.31. The predicted molar refractivity (Wildman–Crippen MR) is 119 cm³/mol. The van der Waals surface area contributed by atoms with E-state index in [4.69, 9.17) is 17.3 Å². The largest absolute Gasteiger partial charge is 0.328 e. The van der Waals surface area contributed by atoms with Crippen LogP contribution in [0.4, 0.5) is 11.4 Å². The summed E-state index contributed by atoms with van der Waals surface area (Å²) >= 11 is 5.96. The van der Waals surface area contributed by atoms with Crippen molar-refractivity contribution in [2.45, 2.75) is 44.7 Å². The summed E-state index contributed by atoms with van der Waals surface area (Å²) in [5, 5.41) is 3.70. The van der Waals surface area contributed by atoms with E-state index < -0.39 is 0 Å². The summed E-state index contributed by atoms with van der Waals surface area (Å²) in [5.41, 5.74) is 9.72. The van der Waals surface area contributed by atoms with Gasteiger partial charge in [-0.15, -0.1) is 12.4 Å². The first-order valence-corrected chi connectivity index (χ1v) is 10.1. The maximum absolute atomic E-state index is 12.5. The summed E-state index contributed by atoms with van der Waals surface area (Å²) < 4.78 is 0. The Morgan fingerprint density at radius 3 is 2.59 bits per heavy atom. The van der Waals surface area contributed by atoms with Crippen molar-refractivity contribution in [2.24, 2.45) is 11.7 Å². The lowest BCUT2D eigenvalue weighted by Gasteiger charge is -2.30. The molecule has 0 spiro atoms. The summed E-state index contributed by atoms with van der Waals surface area (Å²) in [6.45, 7) is 0.509. The van der Waals surface area contributed by atoms with E-state index in [0.717, 1.165) is 41.8 Å². The first-order chi connectivity index (χ1) is 13.5. The van der Waals surface area contributed by atoms with E-state index >= 15 is 0 Å². The number of nitrogens with one attached hydrogen (secondary N) is 1.